The van der Waals surface area contributed by atoms with Crippen LogP contribution in [0.5, 0.6) is 0 Å². The van der Waals surface area contributed by atoms with E-state index in [4.69, 9.17) is 4.74 Å². The molecule has 0 bridgehead atoms. The van der Waals surface area contributed by atoms with Gasteiger partial charge in [-0.2, -0.15) is 0 Å². The number of nitrogens with zero attached hydrogens (tertiary/aromatic N) is 1. The summed E-state index contributed by atoms with van der Waals surface area (Å²) in [5.41, 5.74) is -0.547. The molecule has 0 amide bonds. The number of carbonyl (C=O) groups excluding carboxylic acids is 1. The van der Waals surface area contributed by atoms with Gasteiger partial charge in [0.25, 0.3) is 0 Å². The van der Waals surface area contributed by atoms with E-state index in [0.717, 1.165) is 19.6 Å². The lowest BCUT2D eigenvalue weighted by Crippen LogP contribution is -2.58. The van der Waals surface area contributed by atoms with Gasteiger partial charge in [-0.3, -0.25) is 10.1 Å². The van der Waals surface area contributed by atoms with E-state index in [2.05, 4.69) is 10.2 Å². The molecule has 1 atom stereocenters. The Morgan fingerprint density at radius 3 is 2.32 bits per heavy atom. The Labute approximate surface area is 116 Å². The van der Waals surface area contributed by atoms with Crippen LogP contribution >= 0.6 is 0 Å². The van der Waals surface area contributed by atoms with Gasteiger partial charge in [0.15, 0.2) is 0 Å². The Hall–Kier alpha value is -0.610. The largest absolute Gasteiger partial charge is 0.468 e. The zero-order chi connectivity index (χ0) is 13.7. The Bertz CT molecular complexity index is 297. The molecule has 1 saturated heterocycles. The summed E-state index contributed by atoms with van der Waals surface area (Å²) in [5.74, 6) is -0.124. The number of carbonyl (C=O) groups is 1. The lowest BCUT2D eigenvalue weighted by Gasteiger charge is -2.35. The molecule has 2 fully saturated rings. The van der Waals surface area contributed by atoms with Gasteiger partial charge in [0.2, 0.25) is 0 Å². The lowest BCUT2D eigenvalue weighted by molar-refractivity contribution is -0.149. The van der Waals surface area contributed by atoms with Crippen molar-refractivity contribution in [3.05, 3.63) is 0 Å². The molecule has 0 aromatic rings. The number of nitrogens with one attached hydrogen (secondary N) is 1. The van der Waals surface area contributed by atoms with Crippen LogP contribution in [0.25, 0.3) is 0 Å². The Kier molecular flexibility index (Phi) is 5.22. The van der Waals surface area contributed by atoms with Crippen molar-refractivity contribution < 1.29 is 9.53 Å². The monoisotopic (exact) mass is 268 g/mol. The van der Waals surface area contributed by atoms with Crippen molar-refractivity contribution in [2.24, 2.45) is 0 Å². The van der Waals surface area contributed by atoms with Crippen LogP contribution in [0.3, 0.4) is 0 Å². The summed E-state index contributed by atoms with van der Waals surface area (Å²) in [5, 5.41) is 3.49. The van der Waals surface area contributed by atoms with Crippen molar-refractivity contribution in [3.8, 4) is 0 Å². The van der Waals surface area contributed by atoms with E-state index in [1.54, 1.807) is 0 Å². The first-order valence-electron chi connectivity index (χ1n) is 7.72. The minimum absolute atomic E-state index is 0.124. The highest BCUT2D eigenvalue weighted by Gasteiger charge is 2.40. The van der Waals surface area contributed by atoms with E-state index >= 15 is 0 Å². The van der Waals surface area contributed by atoms with E-state index in [1.165, 1.54) is 52.1 Å². The Balaban J connectivity index is 1.94. The summed E-state index contributed by atoms with van der Waals surface area (Å²) in [7, 11) is 1.49. The van der Waals surface area contributed by atoms with Gasteiger partial charge in [-0.1, -0.05) is 19.3 Å². The molecular formula is C15H28N2O2. The summed E-state index contributed by atoms with van der Waals surface area (Å²) in [6.45, 7) is 4.99. The van der Waals surface area contributed by atoms with Crippen molar-refractivity contribution in [2.45, 2.75) is 63.5 Å². The highest BCUT2D eigenvalue weighted by atomic mass is 16.5. The van der Waals surface area contributed by atoms with E-state index in [9.17, 15) is 4.79 Å². The third kappa shape index (κ3) is 4.46. The van der Waals surface area contributed by atoms with Gasteiger partial charge in [-0.05, 0) is 45.7 Å². The van der Waals surface area contributed by atoms with Gasteiger partial charge in [0.05, 0.1) is 7.11 Å². The second-order valence-corrected chi connectivity index (χ2v) is 6.29. The second kappa shape index (κ2) is 6.71. The lowest BCUT2D eigenvalue weighted by atomic mass is 9.99. The molecule has 1 aliphatic carbocycles. The number of esters is 1. The Morgan fingerprint density at radius 2 is 1.79 bits per heavy atom. The van der Waals surface area contributed by atoms with Crippen LogP contribution in [-0.4, -0.2) is 49.2 Å². The average Bonchev–Trinajstić information content (AvgIpc) is 3.15. The fourth-order valence-corrected chi connectivity index (χ4v) is 2.99. The number of hydrogen-bond acceptors (Lipinski definition) is 4. The topological polar surface area (TPSA) is 41.6 Å². The van der Waals surface area contributed by atoms with Gasteiger partial charge in [-0.15, -0.1) is 0 Å². The zero-order valence-electron chi connectivity index (χ0n) is 12.4. The summed E-state index contributed by atoms with van der Waals surface area (Å²) in [4.78, 5) is 14.5. The molecule has 1 unspecified atom stereocenters. The summed E-state index contributed by atoms with van der Waals surface area (Å²) < 4.78 is 5.01. The molecule has 0 radical (unpaired) electrons. The maximum Gasteiger partial charge on any atom is 0.327 e. The molecule has 1 saturated carbocycles. The molecule has 4 heteroatoms. The average molecular weight is 268 g/mol. The van der Waals surface area contributed by atoms with Crippen LogP contribution in [-0.2, 0) is 9.53 Å². The molecular weight excluding hydrogens is 240 g/mol. The molecule has 2 rings (SSSR count). The minimum Gasteiger partial charge on any atom is -0.468 e. The number of hydrogen-bond donors (Lipinski definition) is 1. The van der Waals surface area contributed by atoms with Gasteiger partial charge in [-0.25, -0.2) is 0 Å². The first-order valence-corrected chi connectivity index (χ1v) is 7.72. The van der Waals surface area contributed by atoms with Crippen LogP contribution in [0.4, 0.5) is 0 Å². The standard InChI is InChI=1S/C15H28N2O2/c1-15(14(18)19-2,16-13-8-9-13)12-17-10-6-4-3-5-7-11-17/h13,16H,3-12H2,1-2H3. The smallest absolute Gasteiger partial charge is 0.327 e. The van der Waals surface area contributed by atoms with Crippen molar-refractivity contribution in [1.82, 2.24) is 10.2 Å². The highest BCUT2D eigenvalue weighted by molar-refractivity contribution is 5.80. The maximum absolute atomic E-state index is 12.1. The van der Waals surface area contributed by atoms with Gasteiger partial charge < -0.3 is 9.64 Å². The van der Waals surface area contributed by atoms with Crippen LogP contribution in [0, 0.1) is 0 Å². The summed E-state index contributed by atoms with van der Waals surface area (Å²) >= 11 is 0. The van der Waals surface area contributed by atoms with Crippen molar-refractivity contribution in [3.63, 3.8) is 0 Å². The van der Waals surface area contributed by atoms with Crippen molar-refractivity contribution in [2.75, 3.05) is 26.7 Å². The number of methoxy groups -OCH3 is 1. The predicted molar refractivity (Wildman–Crippen MR) is 76.1 cm³/mol. The molecule has 4 nitrogen and oxygen atoms in total. The third-order valence-corrected chi connectivity index (χ3v) is 4.22. The maximum atomic E-state index is 12.1. The molecule has 1 aliphatic heterocycles. The fourth-order valence-electron chi connectivity index (χ4n) is 2.99. The molecule has 2 aliphatic rings. The van der Waals surface area contributed by atoms with Gasteiger partial charge in [0, 0.05) is 12.6 Å². The Morgan fingerprint density at radius 1 is 1.21 bits per heavy atom. The van der Waals surface area contributed by atoms with E-state index < -0.39 is 5.54 Å². The van der Waals surface area contributed by atoms with Crippen LogP contribution in [0.2, 0.25) is 0 Å². The van der Waals surface area contributed by atoms with E-state index in [1.807, 2.05) is 6.92 Å². The van der Waals surface area contributed by atoms with E-state index in [-0.39, 0.29) is 5.97 Å². The van der Waals surface area contributed by atoms with Crippen LogP contribution < -0.4 is 5.32 Å². The molecule has 0 spiro atoms. The van der Waals surface area contributed by atoms with Gasteiger partial charge in [0.1, 0.15) is 5.54 Å². The molecule has 1 heterocycles. The first kappa shape index (κ1) is 14.8. The highest BCUT2D eigenvalue weighted by Crippen LogP contribution is 2.24. The van der Waals surface area contributed by atoms with Crippen LogP contribution in [0.15, 0.2) is 0 Å². The minimum atomic E-state index is -0.547. The molecule has 110 valence electrons. The zero-order valence-corrected chi connectivity index (χ0v) is 12.4. The van der Waals surface area contributed by atoms with Crippen molar-refractivity contribution >= 4 is 5.97 Å². The molecule has 0 aromatic heterocycles. The molecule has 0 aromatic carbocycles. The number of likely N-dealkylation sites (tertiary alicyclic amines) is 1. The first-order chi connectivity index (χ1) is 9.14. The quantitative estimate of drug-likeness (QED) is 0.774. The third-order valence-electron chi connectivity index (χ3n) is 4.22. The summed E-state index contributed by atoms with van der Waals surface area (Å²) in [6, 6.07) is 0.513. The molecule has 19 heavy (non-hydrogen) atoms. The summed E-state index contributed by atoms with van der Waals surface area (Å²) in [6.07, 6.45) is 8.88. The second-order valence-electron chi connectivity index (χ2n) is 6.29. The molecule has 1 N–H and O–H groups in total. The fraction of sp³-hybridized carbons (Fsp3) is 0.933. The van der Waals surface area contributed by atoms with Gasteiger partial charge >= 0.3 is 5.97 Å². The predicted octanol–water partition coefficient (Wildman–Crippen LogP) is 1.94. The van der Waals surface area contributed by atoms with Crippen LogP contribution in [0.1, 0.15) is 51.9 Å². The number of ether oxygens (including phenoxy) is 1. The van der Waals surface area contributed by atoms with E-state index in [0.29, 0.717) is 6.04 Å². The number of rotatable bonds is 5. The SMILES string of the molecule is COC(=O)C(C)(CN1CCCCCCC1)NC1CC1. The van der Waals surface area contributed by atoms with Crippen molar-refractivity contribution in [1.29, 1.82) is 0 Å². The normalized spacial score (nSPS) is 25.2.